The molecule has 0 aliphatic heterocycles. The summed E-state index contributed by atoms with van der Waals surface area (Å²) in [6.45, 7) is 5.13. The first kappa shape index (κ1) is 14.3. The molecule has 1 N–H and O–H groups in total. The van der Waals surface area contributed by atoms with Gasteiger partial charge in [-0.15, -0.1) is 0 Å². The van der Waals surface area contributed by atoms with Crippen molar-refractivity contribution in [2.75, 3.05) is 26.9 Å². The highest BCUT2D eigenvalue weighted by Gasteiger charge is 2.02. The van der Waals surface area contributed by atoms with Gasteiger partial charge in [-0.25, -0.2) is 0 Å². The summed E-state index contributed by atoms with van der Waals surface area (Å²) in [6.07, 6.45) is 1.02. The molecule has 17 heavy (non-hydrogen) atoms. The normalized spacial score (nSPS) is 10.5. The average Bonchev–Trinajstić information content (AvgIpc) is 2.32. The van der Waals surface area contributed by atoms with Gasteiger partial charge in [0.1, 0.15) is 5.75 Å². The molecule has 1 rings (SSSR count). The van der Waals surface area contributed by atoms with Gasteiger partial charge in [0, 0.05) is 20.3 Å². The van der Waals surface area contributed by atoms with Crippen molar-refractivity contribution in [1.29, 1.82) is 0 Å². The Balaban J connectivity index is 2.36. The Bertz CT molecular complexity index is 331. The fourth-order valence-corrected chi connectivity index (χ4v) is 1.76. The van der Waals surface area contributed by atoms with Crippen molar-refractivity contribution in [1.82, 2.24) is 5.32 Å². The van der Waals surface area contributed by atoms with E-state index in [0.29, 0.717) is 11.6 Å². The predicted octanol–water partition coefficient (Wildman–Crippen LogP) is 2.86. The van der Waals surface area contributed by atoms with Crippen molar-refractivity contribution in [3.63, 3.8) is 0 Å². The van der Waals surface area contributed by atoms with Crippen molar-refractivity contribution >= 4 is 11.6 Å². The Labute approximate surface area is 108 Å². The average molecular weight is 258 g/mol. The molecule has 0 unspecified atom stereocenters. The monoisotopic (exact) mass is 257 g/mol. The van der Waals surface area contributed by atoms with Gasteiger partial charge >= 0.3 is 0 Å². The van der Waals surface area contributed by atoms with Gasteiger partial charge in [-0.2, -0.15) is 0 Å². The molecule has 0 aromatic heterocycles. The molecular formula is C13H20ClNO2. The molecule has 0 fully saturated rings. The summed E-state index contributed by atoms with van der Waals surface area (Å²) in [4.78, 5) is 0. The molecule has 0 aliphatic rings. The van der Waals surface area contributed by atoms with Crippen LogP contribution >= 0.6 is 11.6 Å². The molecule has 0 saturated heterocycles. The van der Waals surface area contributed by atoms with Crippen LogP contribution in [0, 0.1) is 0 Å². The summed E-state index contributed by atoms with van der Waals surface area (Å²) in [5.41, 5.74) is 1.16. The zero-order valence-electron chi connectivity index (χ0n) is 10.5. The molecule has 0 heterocycles. The lowest BCUT2D eigenvalue weighted by Crippen LogP contribution is -2.16. The van der Waals surface area contributed by atoms with Crippen LogP contribution in [-0.4, -0.2) is 26.9 Å². The summed E-state index contributed by atoms with van der Waals surface area (Å²) in [6, 6.07) is 5.88. The standard InChI is InChI=1S/C13H20ClNO2/c1-3-17-13-6-5-11(9-12(13)14)10-15-7-4-8-16-2/h5-6,9,15H,3-4,7-8,10H2,1-2H3. The highest BCUT2D eigenvalue weighted by Crippen LogP contribution is 2.25. The van der Waals surface area contributed by atoms with E-state index < -0.39 is 0 Å². The van der Waals surface area contributed by atoms with Crippen LogP contribution in [0.15, 0.2) is 18.2 Å². The molecule has 3 nitrogen and oxygen atoms in total. The van der Waals surface area contributed by atoms with E-state index in [0.717, 1.165) is 37.4 Å². The van der Waals surface area contributed by atoms with E-state index in [2.05, 4.69) is 5.32 Å². The van der Waals surface area contributed by atoms with Crippen molar-refractivity contribution < 1.29 is 9.47 Å². The van der Waals surface area contributed by atoms with Crippen LogP contribution in [0.3, 0.4) is 0 Å². The van der Waals surface area contributed by atoms with E-state index in [1.165, 1.54) is 0 Å². The number of ether oxygens (including phenoxy) is 2. The molecule has 4 heteroatoms. The first-order chi connectivity index (χ1) is 8.27. The zero-order chi connectivity index (χ0) is 12.5. The third-order valence-electron chi connectivity index (χ3n) is 2.33. The topological polar surface area (TPSA) is 30.5 Å². The quantitative estimate of drug-likeness (QED) is 0.727. The zero-order valence-corrected chi connectivity index (χ0v) is 11.2. The maximum atomic E-state index is 6.10. The molecule has 0 atom stereocenters. The van der Waals surface area contributed by atoms with Gasteiger partial charge < -0.3 is 14.8 Å². The van der Waals surface area contributed by atoms with Crippen LogP contribution in [0.2, 0.25) is 5.02 Å². The summed E-state index contributed by atoms with van der Waals surface area (Å²) in [5.74, 6) is 0.747. The van der Waals surface area contributed by atoms with Gasteiger partial charge in [-0.05, 0) is 37.6 Å². The number of halogens is 1. The second kappa shape index (κ2) is 8.34. The Morgan fingerprint density at radius 3 is 2.82 bits per heavy atom. The van der Waals surface area contributed by atoms with Crippen LogP contribution in [-0.2, 0) is 11.3 Å². The van der Waals surface area contributed by atoms with E-state index >= 15 is 0 Å². The highest BCUT2D eigenvalue weighted by atomic mass is 35.5. The van der Waals surface area contributed by atoms with Crippen LogP contribution in [0.5, 0.6) is 5.75 Å². The third-order valence-corrected chi connectivity index (χ3v) is 2.62. The first-order valence-electron chi connectivity index (χ1n) is 5.88. The number of hydrogen-bond donors (Lipinski definition) is 1. The molecule has 0 radical (unpaired) electrons. The second-order valence-electron chi connectivity index (χ2n) is 3.72. The maximum Gasteiger partial charge on any atom is 0.137 e. The molecule has 0 aliphatic carbocycles. The molecule has 0 bridgehead atoms. The van der Waals surface area contributed by atoms with Gasteiger partial charge in [-0.1, -0.05) is 17.7 Å². The number of rotatable bonds is 8. The SMILES string of the molecule is CCOc1ccc(CNCCCOC)cc1Cl. The lowest BCUT2D eigenvalue weighted by atomic mass is 10.2. The Morgan fingerprint density at radius 1 is 1.35 bits per heavy atom. The van der Waals surface area contributed by atoms with E-state index in [4.69, 9.17) is 21.1 Å². The van der Waals surface area contributed by atoms with Crippen molar-refractivity contribution in [2.24, 2.45) is 0 Å². The summed E-state index contributed by atoms with van der Waals surface area (Å²) in [7, 11) is 1.71. The molecule has 1 aromatic rings. The molecule has 1 aromatic carbocycles. The summed E-state index contributed by atoms with van der Waals surface area (Å²) < 4.78 is 10.4. The van der Waals surface area contributed by atoms with Gasteiger partial charge in [0.15, 0.2) is 0 Å². The second-order valence-corrected chi connectivity index (χ2v) is 4.13. The molecule has 96 valence electrons. The Hall–Kier alpha value is -0.770. The van der Waals surface area contributed by atoms with E-state index in [1.54, 1.807) is 7.11 Å². The first-order valence-corrected chi connectivity index (χ1v) is 6.26. The van der Waals surface area contributed by atoms with Gasteiger partial charge in [-0.3, -0.25) is 0 Å². The fourth-order valence-electron chi connectivity index (χ4n) is 1.50. The maximum absolute atomic E-state index is 6.10. The van der Waals surface area contributed by atoms with Gasteiger partial charge in [0.2, 0.25) is 0 Å². The van der Waals surface area contributed by atoms with Crippen LogP contribution in [0.4, 0.5) is 0 Å². The summed E-state index contributed by atoms with van der Waals surface area (Å²) >= 11 is 6.10. The van der Waals surface area contributed by atoms with Gasteiger partial charge in [0.05, 0.1) is 11.6 Å². The molecule has 0 spiro atoms. The number of benzene rings is 1. The predicted molar refractivity (Wildman–Crippen MR) is 70.8 cm³/mol. The number of methoxy groups -OCH3 is 1. The van der Waals surface area contributed by atoms with E-state index in [9.17, 15) is 0 Å². The lowest BCUT2D eigenvalue weighted by Gasteiger charge is -2.08. The molecule has 0 saturated carbocycles. The van der Waals surface area contributed by atoms with Crippen molar-refractivity contribution in [3.05, 3.63) is 28.8 Å². The lowest BCUT2D eigenvalue weighted by molar-refractivity contribution is 0.194. The molecular weight excluding hydrogens is 238 g/mol. The Kier molecular flexibility index (Phi) is 7.01. The van der Waals surface area contributed by atoms with Crippen LogP contribution in [0.1, 0.15) is 18.9 Å². The fraction of sp³-hybridized carbons (Fsp3) is 0.538. The van der Waals surface area contributed by atoms with Crippen LogP contribution in [0.25, 0.3) is 0 Å². The third kappa shape index (κ3) is 5.39. The van der Waals surface area contributed by atoms with Crippen molar-refractivity contribution in [2.45, 2.75) is 19.9 Å². The summed E-state index contributed by atoms with van der Waals surface area (Å²) in [5, 5.41) is 4.01. The van der Waals surface area contributed by atoms with E-state index in [1.807, 2.05) is 25.1 Å². The minimum Gasteiger partial charge on any atom is -0.492 e. The molecule has 0 amide bonds. The Morgan fingerprint density at radius 2 is 2.18 bits per heavy atom. The van der Waals surface area contributed by atoms with Crippen LogP contribution < -0.4 is 10.1 Å². The number of hydrogen-bond acceptors (Lipinski definition) is 3. The van der Waals surface area contributed by atoms with Crippen molar-refractivity contribution in [3.8, 4) is 5.75 Å². The largest absolute Gasteiger partial charge is 0.492 e. The minimum absolute atomic E-state index is 0.633. The smallest absolute Gasteiger partial charge is 0.137 e. The van der Waals surface area contributed by atoms with Gasteiger partial charge in [0.25, 0.3) is 0 Å². The van der Waals surface area contributed by atoms with E-state index in [-0.39, 0.29) is 0 Å². The number of nitrogens with one attached hydrogen (secondary N) is 1. The minimum atomic E-state index is 0.633. The highest BCUT2D eigenvalue weighted by molar-refractivity contribution is 6.32.